The molecule has 1 aliphatic rings. The molecule has 22 heavy (non-hydrogen) atoms. The highest BCUT2D eigenvalue weighted by atomic mass is 19.1. The summed E-state index contributed by atoms with van der Waals surface area (Å²) in [6.45, 7) is 0. The van der Waals surface area contributed by atoms with Crippen LogP contribution in [0.1, 0.15) is 18.4 Å². The number of halogens is 1. The highest BCUT2D eigenvalue weighted by Crippen LogP contribution is 2.30. The first-order valence-electron chi connectivity index (χ1n) is 7.24. The van der Waals surface area contributed by atoms with Crippen LogP contribution in [-0.2, 0) is 11.2 Å². The number of amides is 1. The van der Waals surface area contributed by atoms with Crippen molar-refractivity contribution in [1.29, 1.82) is 0 Å². The number of carbonyl (C=O) groups is 1. The number of aromatic hydroxyl groups is 1. The van der Waals surface area contributed by atoms with Crippen molar-refractivity contribution in [2.75, 3.05) is 10.6 Å². The van der Waals surface area contributed by atoms with E-state index in [1.165, 1.54) is 12.1 Å². The van der Waals surface area contributed by atoms with Crippen LogP contribution in [0.25, 0.3) is 0 Å². The minimum Gasteiger partial charge on any atom is -0.508 e. The fourth-order valence-corrected chi connectivity index (χ4v) is 2.24. The monoisotopic (exact) mass is 300 g/mol. The molecule has 0 spiro atoms. The number of carbonyl (C=O) groups excluding carboxylic acids is 1. The van der Waals surface area contributed by atoms with Gasteiger partial charge in [-0.15, -0.1) is 0 Å². The summed E-state index contributed by atoms with van der Waals surface area (Å²) >= 11 is 0. The fraction of sp³-hybridized carbons (Fsp3) is 0.235. The lowest BCUT2D eigenvalue weighted by atomic mass is 10.1. The van der Waals surface area contributed by atoms with E-state index in [-0.39, 0.29) is 23.9 Å². The van der Waals surface area contributed by atoms with Crippen LogP contribution in [-0.4, -0.2) is 17.1 Å². The molecule has 0 radical (unpaired) electrons. The molecule has 5 heteroatoms. The number of phenols is 1. The van der Waals surface area contributed by atoms with E-state index in [0.29, 0.717) is 17.4 Å². The van der Waals surface area contributed by atoms with Crippen LogP contribution in [0.2, 0.25) is 0 Å². The minimum absolute atomic E-state index is 0.128. The molecule has 2 aromatic carbocycles. The van der Waals surface area contributed by atoms with Gasteiger partial charge in [-0.25, -0.2) is 4.39 Å². The molecular weight excluding hydrogens is 283 g/mol. The molecule has 0 saturated heterocycles. The topological polar surface area (TPSA) is 61.4 Å². The molecule has 1 aliphatic carbocycles. The van der Waals surface area contributed by atoms with E-state index in [1.54, 1.807) is 30.3 Å². The molecule has 1 fully saturated rings. The van der Waals surface area contributed by atoms with Gasteiger partial charge in [-0.3, -0.25) is 4.79 Å². The first-order chi connectivity index (χ1) is 10.6. The van der Waals surface area contributed by atoms with E-state index in [0.717, 1.165) is 18.4 Å². The zero-order chi connectivity index (χ0) is 15.5. The SMILES string of the molecule is O=C(Cc1cccc(O)c1)Nc1ccc(F)cc1NC1CC1. The lowest BCUT2D eigenvalue weighted by Gasteiger charge is -2.13. The molecule has 0 aromatic heterocycles. The second-order valence-corrected chi connectivity index (χ2v) is 5.50. The molecule has 3 rings (SSSR count). The van der Waals surface area contributed by atoms with Gasteiger partial charge in [-0.05, 0) is 48.7 Å². The van der Waals surface area contributed by atoms with Gasteiger partial charge in [0.15, 0.2) is 0 Å². The van der Waals surface area contributed by atoms with E-state index in [9.17, 15) is 14.3 Å². The third-order valence-electron chi connectivity index (χ3n) is 3.47. The maximum atomic E-state index is 13.4. The molecule has 114 valence electrons. The Kier molecular flexibility index (Phi) is 3.96. The van der Waals surface area contributed by atoms with Crippen molar-refractivity contribution in [3.8, 4) is 5.75 Å². The Morgan fingerprint density at radius 2 is 2.00 bits per heavy atom. The highest BCUT2D eigenvalue weighted by molar-refractivity contribution is 5.95. The van der Waals surface area contributed by atoms with Crippen LogP contribution in [0.3, 0.4) is 0 Å². The fourth-order valence-electron chi connectivity index (χ4n) is 2.24. The van der Waals surface area contributed by atoms with Crippen molar-refractivity contribution in [2.45, 2.75) is 25.3 Å². The van der Waals surface area contributed by atoms with Crippen LogP contribution >= 0.6 is 0 Å². The first kappa shape index (κ1) is 14.4. The Balaban J connectivity index is 1.70. The second-order valence-electron chi connectivity index (χ2n) is 5.50. The van der Waals surface area contributed by atoms with E-state index in [1.807, 2.05) is 0 Å². The zero-order valence-corrected chi connectivity index (χ0v) is 12.0. The number of rotatable bonds is 5. The quantitative estimate of drug-likeness (QED) is 0.794. The number of benzene rings is 2. The Morgan fingerprint density at radius 1 is 1.18 bits per heavy atom. The van der Waals surface area contributed by atoms with Gasteiger partial charge in [0.05, 0.1) is 17.8 Å². The van der Waals surface area contributed by atoms with E-state index >= 15 is 0 Å². The third kappa shape index (κ3) is 3.75. The van der Waals surface area contributed by atoms with E-state index in [2.05, 4.69) is 10.6 Å². The normalized spacial score (nSPS) is 13.7. The Bertz CT molecular complexity index is 699. The number of hydrogen-bond acceptors (Lipinski definition) is 3. The van der Waals surface area contributed by atoms with E-state index in [4.69, 9.17) is 0 Å². The summed E-state index contributed by atoms with van der Waals surface area (Å²) in [5.41, 5.74) is 1.89. The van der Waals surface area contributed by atoms with Gasteiger partial charge >= 0.3 is 0 Å². The van der Waals surface area contributed by atoms with Gasteiger partial charge < -0.3 is 15.7 Å². The summed E-state index contributed by atoms with van der Waals surface area (Å²) in [6, 6.07) is 11.2. The summed E-state index contributed by atoms with van der Waals surface area (Å²) in [4.78, 5) is 12.1. The van der Waals surface area contributed by atoms with Gasteiger partial charge in [0, 0.05) is 6.04 Å². The molecule has 1 amide bonds. The summed E-state index contributed by atoms with van der Waals surface area (Å²) in [6.07, 6.45) is 2.27. The summed E-state index contributed by atoms with van der Waals surface area (Å²) in [7, 11) is 0. The van der Waals surface area contributed by atoms with Crippen molar-refractivity contribution in [2.24, 2.45) is 0 Å². The predicted molar refractivity (Wildman–Crippen MR) is 83.5 cm³/mol. The number of phenolic OH excluding ortho intramolecular Hbond substituents is 1. The maximum Gasteiger partial charge on any atom is 0.228 e. The van der Waals surface area contributed by atoms with Crippen LogP contribution in [0, 0.1) is 5.82 Å². The van der Waals surface area contributed by atoms with Crippen molar-refractivity contribution >= 4 is 17.3 Å². The summed E-state index contributed by atoms with van der Waals surface area (Å²) in [5.74, 6) is -0.423. The Hall–Kier alpha value is -2.56. The molecule has 1 saturated carbocycles. The van der Waals surface area contributed by atoms with Crippen LogP contribution in [0.15, 0.2) is 42.5 Å². The Labute approximate surface area is 128 Å². The molecule has 0 aliphatic heterocycles. The average Bonchev–Trinajstić information content (AvgIpc) is 3.26. The van der Waals surface area contributed by atoms with Crippen LogP contribution < -0.4 is 10.6 Å². The number of hydrogen-bond donors (Lipinski definition) is 3. The zero-order valence-electron chi connectivity index (χ0n) is 12.0. The van der Waals surface area contributed by atoms with Gasteiger partial charge in [0.25, 0.3) is 0 Å². The standard InChI is InChI=1S/C17H17FN2O2/c18-12-4-7-15(16(10-12)19-13-5-6-13)20-17(22)9-11-2-1-3-14(21)8-11/h1-4,7-8,10,13,19,21H,5-6,9H2,(H,20,22). The molecule has 0 heterocycles. The van der Waals surface area contributed by atoms with Crippen molar-refractivity contribution in [3.05, 3.63) is 53.8 Å². The van der Waals surface area contributed by atoms with Crippen molar-refractivity contribution < 1.29 is 14.3 Å². The average molecular weight is 300 g/mol. The summed E-state index contributed by atoms with van der Waals surface area (Å²) in [5, 5.41) is 15.4. The maximum absolute atomic E-state index is 13.4. The van der Waals surface area contributed by atoms with Gasteiger partial charge in [0.2, 0.25) is 5.91 Å². The molecule has 0 unspecified atom stereocenters. The predicted octanol–water partition coefficient (Wildman–Crippen LogP) is 3.29. The van der Waals surface area contributed by atoms with Gasteiger partial charge in [-0.2, -0.15) is 0 Å². The lowest BCUT2D eigenvalue weighted by molar-refractivity contribution is -0.115. The number of anilines is 2. The number of nitrogens with one attached hydrogen (secondary N) is 2. The van der Waals surface area contributed by atoms with E-state index < -0.39 is 0 Å². The van der Waals surface area contributed by atoms with Gasteiger partial charge in [-0.1, -0.05) is 12.1 Å². The molecule has 4 nitrogen and oxygen atoms in total. The molecular formula is C17H17FN2O2. The Morgan fingerprint density at radius 3 is 2.73 bits per heavy atom. The lowest BCUT2D eigenvalue weighted by Crippen LogP contribution is -2.16. The molecule has 0 bridgehead atoms. The molecule has 2 aromatic rings. The van der Waals surface area contributed by atoms with Crippen molar-refractivity contribution in [3.63, 3.8) is 0 Å². The smallest absolute Gasteiger partial charge is 0.228 e. The van der Waals surface area contributed by atoms with Gasteiger partial charge in [0.1, 0.15) is 11.6 Å². The third-order valence-corrected chi connectivity index (χ3v) is 3.47. The molecule has 3 N–H and O–H groups in total. The minimum atomic E-state index is -0.339. The largest absolute Gasteiger partial charge is 0.508 e. The van der Waals surface area contributed by atoms with Crippen molar-refractivity contribution in [1.82, 2.24) is 0 Å². The van der Waals surface area contributed by atoms with Crippen LogP contribution in [0.4, 0.5) is 15.8 Å². The first-order valence-corrected chi connectivity index (χ1v) is 7.24. The summed E-state index contributed by atoms with van der Waals surface area (Å²) < 4.78 is 13.4. The highest BCUT2D eigenvalue weighted by Gasteiger charge is 2.22. The molecule has 0 atom stereocenters. The second kappa shape index (κ2) is 6.05. The van der Waals surface area contributed by atoms with Crippen LogP contribution in [0.5, 0.6) is 5.75 Å².